The number of alkyl halides is 12. The van der Waals surface area contributed by atoms with Crippen molar-refractivity contribution in [2.75, 3.05) is 6.54 Å². The zero-order valence-electron chi connectivity index (χ0n) is 21.9. The molecular formula is C26H22F12N2O3. The fourth-order valence-corrected chi connectivity index (χ4v) is 3.54. The van der Waals surface area contributed by atoms with E-state index in [0.717, 1.165) is 6.92 Å². The van der Waals surface area contributed by atoms with E-state index in [2.05, 4.69) is 5.32 Å². The highest BCUT2D eigenvalue weighted by molar-refractivity contribution is 5.94. The van der Waals surface area contributed by atoms with Crippen molar-refractivity contribution in [3.63, 3.8) is 0 Å². The van der Waals surface area contributed by atoms with E-state index in [-0.39, 0.29) is 12.1 Å². The number of benzene rings is 2. The Hall–Kier alpha value is -3.76. The van der Waals surface area contributed by atoms with Crippen LogP contribution in [0.1, 0.15) is 59.1 Å². The molecule has 3 atom stereocenters. The van der Waals surface area contributed by atoms with Gasteiger partial charge in [0.2, 0.25) is 5.91 Å². The Morgan fingerprint density at radius 3 is 1.44 bits per heavy atom. The largest absolute Gasteiger partial charge is 0.443 e. The first kappa shape index (κ1) is 35.4. The number of rotatable bonds is 8. The van der Waals surface area contributed by atoms with E-state index >= 15 is 0 Å². The van der Waals surface area contributed by atoms with Crippen LogP contribution in [0.4, 0.5) is 52.7 Å². The maximum absolute atomic E-state index is 13.1. The molecule has 43 heavy (non-hydrogen) atoms. The lowest BCUT2D eigenvalue weighted by Gasteiger charge is -2.22. The Morgan fingerprint density at radius 2 is 1.07 bits per heavy atom. The molecule has 0 saturated carbocycles. The van der Waals surface area contributed by atoms with E-state index in [4.69, 9.17) is 10.5 Å². The molecule has 2 aromatic rings. The molecule has 0 radical (unpaired) electrons. The van der Waals surface area contributed by atoms with E-state index in [1.54, 1.807) is 0 Å². The molecule has 0 aromatic heterocycles. The first-order valence-electron chi connectivity index (χ1n) is 11.9. The molecule has 1 amide bonds. The number of amides is 1. The molecule has 238 valence electrons. The van der Waals surface area contributed by atoms with E-state index in [9.17, 15) is 62.3 Å². The summed E-state index contributed by atoms with van der Waals surface area (Å²) in [6.07, 6.45) is -21.1. The number of ether oxygens (including phenoxy) is 1. The Labute approximate surface area is 235 Å². The van der Waals surface area contributed by atoms with Crippen LogP contribution in [0.2, 0.25) is 0 Å². The molecule has 2 aromatic carbocycles. The number of carbonyl (C=O) groups excluding carboxylic acids is 2. The van der Waals surface area contributed by atoms with Crippen LogP contribution in [-0.4, -0.2) is 24.6 Å². The predicted octanol–water partition coefficient (Wildman–Crippen LogP) is 7.17. The van der Waals surface area contributed by atoms with Crippen molar-refractivity contribution in [2.45, 2.75) is 56.6 Å². The molecule has 0 fully saturated rings. The first-order valence-corrected chi connectivity index (χ1v) is 11.9. The highest BCUT2D eigenvalue weighted by Gasteiger charge is 2.39. The molecule has 0 heterocycles. The minimum atomic E-state index is -5.13. The van der Waals surface area contributed by atoms with Crippen LogP contribution in [0.25, 0.3) is 0 Å². The number of carbonyl (C=O) groups is 2. The summed E-state index contributed by atoms with van der Waals surface area (Å²) in [5.74, 6) is -4.82. The van der Waals surface area contributed by atoms with Crippen LogP contribution in [0.15, 0.2) is 48.6 Å². The van der Waals surface area contributed by atoms with Crippen molar-refractivity contribution >= 4 is 11.9 Å². The summed E-state index contributed by atoms with van der Waals surface area (Å²) in [5.41, 5.74) is -1.67. The van der Waals surface area contributed by atoms with Gasteiger partial charge >= 0.3 is 30.7 Å². The second-order valence-corrected chi connectivity index (χ2v) is 9.35. The molecule has 0 spiro atoms. The molecule has 3 N–H and O–H groups in total. The molecule has 1 unspecified atom stereocenters. The zero-order chi connectivity index (χ0) is 33.1. The van der Waals surface area contributed by atoms with Crippen LogP contribution in [0, 0.1) is 0 Å². The minimum absolute atomic E-state index is 0.0585. The van der Waals surface area contributed by atoms with Crippen LogP contribution in [-0.2, 0) is 39.0 Å². The van der Waals surface area contributed by atoms with Gasteiger partial charge < -0.3 is 10.1 Å². The van der Waals surface area contributed by atoms with Gasteiger partial charge in [-0.1, -0.05) is 13.8 Å². The van der Waals surface area contributed by atoms with Gasteiger partial charge in [0.15, 0.2) is 6.23 Å². The fraction of sp³-hybridized carbons (Fsp3) is 0.385. The molecule has 0 aliphatic rings. The molecule has 0 saturated heterocycles. The number of nitrogens with two attached hydrogens (primary N) is 1. The number of nitrogens with one attached hydrogen (secondary N) is 1. The van der Waals surface area contributed by atoms with Crippen molar-refractivity contribution in [1.29, 1.82) is 0 Å². The van der Waals surface area contributed by atoms with Gasteiger partial charge in [0.1, 0.15) is 0 Å². The molecule has 0 aliphatic heterocycles. The topological polar surface area (TPSA) is 81.4 Å². The van der Waals surface area contributed by atoms with Crippen molar-refractivity contribution in [1.82, 2.24) is 5.32 Å². The van der Waals surface area contributed by atoms with Crippen molar-refractivity contribution in [3.8, 4) is 0 Å². The highest BCUT2D eigenvalue weighted by atomic mass is 19.4. The third-order valence-electron chi connectivity index (χ3n) is 6.01. The summed E-state index contributed by atoms with van der Waals surface area (Å²) in [7, 11) is 0. The van der Waals surface area contributed by atoms with Crippen LogP contribution >= 0.6 is 0 Å². The van der Waals surface area contributed by atoms with Gasteiger partial charge in [-0.25, -0.2) is 4.79 Å². The average Bonchev–Trinajstić information content (AvgIpc) is 2.87. The summed E-state index contributed by atoms with van der Waals surface area (Å²) in [5, 5.41) is 2.15. The van der Waals surface area contributed by atoms with Gasteiger partial charge in [0.25, 0.3) is 0 Å². The standard InChI is InChI=1S/C26H22F12N2O3/c1-12(14-5-16(23(27,28)29)9-17(6-14)24(30,31)32)11-40-20(41)3-4-21(42)43-22(39)13(2)15-7-18(25(33,34)35)10-19(8-15)26(36,37)38/h3-10,12-13,22H,11,39H2,1-2H3,(H,40,41)/b4-3-/t12-,13+,22?/m0/s1. The molecule has 0 aliphatic carbocycles. The maximum Gasteiger partial charge on any atom is 0.416 e. The second kappa shape index (κ2) is 12.9. The second-order valence-electron chi connectivity index (χ2n) is 9.35. The predicted molar refractivity (Wildman–Crippen MR) is 126 cm³/mol. The Balaban J connectivity index is 2.07. The lowest BCUT2D eigenvalue weighted by Crippen LogP contribution is -2.32. The number of hydrogen-bond acceptors (Lipinski definition) is 4. The smallest absolute Gasteiger partial charge is 0.416 e. The van der Waals surface area contributed by atoms with Gasteiger partial charge in [-0.2, -0.15) is 52.7 Å². The summed E-state index contributed by atoms with van der Waals surface area (Å²) in [4.78, 5) is 24.1. The van der Waals surface area contributed by atoms with Crippen molar-refractivity contribution < 1.29 is 67.0 Å². The van der Waals surface area contributed by atoms with E-state index < -0.39 is 94.6 Å². The first-order chi connectivity index (χ1) is 19.4. The summed E-state index contributed by atoms with van der Waals surface area (Å²) in [6, 6.07) is 1.63. The van der Waals surface area contributed by atoms with Crippen molar-refractivity contribution in [3.05, 3.63) is 81.9 Å². The average molecular weight is 638 g/mol. The fourth-order valence-electron chi connectivity index (χ4n) is 3.54. The Morgan fingerprint density at radius 1 is 0.698 bits per heavy atom. The van der Waals surface area contributed by atoms with Gasteiger partial charge in [-0.05, 0) is 53.4 Å². The van der Waals surface area contributed by atoms with Crippen LogP contribution in [0.5, 0.6) is 0 Å². The van der Waals surface area contributed by atoms with E-state index in [1.165, 1.54) is 6.92 Å². The van der Waals surface area contributed by atoms with Gasteiger partial charge in [0.05, 0.1) is 22.3 Å². The van der Waals surface area contributed by atoms with Crippen molar-refractivity contribution in [2.24, 2.45) is 5.73 Å². The molecule has 17 heteroatoms. The lowest BCUT2D eigenvalue weighted by atomic mass is 9.94. The minimum Gasteiger partial charge on any atom is -0.443 e. The number of esters is 1. The van der Waals surface area contributed by atoms with Gasteiger partial charge in [0, 0.05) is 24.6 Å². The quantitative estimate of drug-likeness (QED) is 0.139. The van der Waals surface area contributed by atoms with Crippen LogP contribution < -0.4 is 11.1 Å². The maximum atomic E-state index is 13.1. The zero-order valence-corrected chi connectivity index (χ0v) is 21.9. The SMILES string of the molecule is C[C@H](c1cc(C(F)(F)F)cc(C(F)(F)F)c1)C(N)OC(=O)/C=C\C(=O)NC[C@H](C)c1cc(C(F)(F)F)cc(C(F)(F)F)c1. The monoisotopic (exact) mass is 638 g/mol. The molecule has 2 rings (SSSR count). The number of hydrogen-bond donors (Lipinski definition) is 2. The summed E-state index contributed by atoms with van der Waals surface area (Å²) >= 11 is 0. The van der Waals surface area contributed by atoms with E-state index in [0.29, 0.717) is 36.4 Å². The molecule has 5 nitrogen and oxygen atoms in total. The third-order valence-corrected chi connectivity index (χ3v) is 6.01. The molecule has 0 bridgehead atoms. The molecular weight excluding hydrogens is 616 g/mol. The number of halogens is 12. The highest BCUT2D eigenvalue weighted by Crippen LogP contribution is 2.39. The normalized spacial score (nSPS) is 15.2. The summed E-state index contributed by atoms with van der Waals surface area (Å²) < 4.78 is 162. The van der Waals surface area contributed by atoms with Gasteiger partial charge in [-0.15, -0.1) is 0 Å². The Bertz CT molecular complexity index is 1280. The third kappa shape index (κ3) is 10.2. The van der Waals surface area contributed by atoms with E-state index in [1.807, 2.05) is 0 Å². The summed E-state index contributed by atoms with van der Waals surface area (Å²) in [6.45, 7) is 1.85. The Kier molecular flexibility index (Phi) is 10.6. The lowest BCUT2D eigenvalue weighted by molar-refractivity contribution is -0.145. The van der Waals surface area contributed by atoms with Gasteiger partial charge in [-0.3, -0.25) is 10.5 Å². The van der Waals surface area contributed by atoms with Crippen LogP contribution in [0.3, 0.4) is 0 Å².